The zero-order valence-electron chi connectivity index (χ0n) is 9.59. The number of carbonyl (C=O) groups is 1. The maximum absolute atomic E-state index is 13.5. The van der Waals surface area contributed by atoms with Crippen LogP contribution in [0.1, 0.15) is 10.4 Å². The van der Waals surface area contributed by atoms with Gasteiger partial charge in [-0.25, -0.2) is 9.18 Å². The molecule has 0 aliphatic carbocycles. The van der Waals surface area contributed by atoms with E-state index in [9.17, 15) is 19.3 Å². The number of rotatable bonds is 5. The van der Waals surface area contributed by atoms with E-state index in [0.717, 1.165) is 6.07 Å². The molecule has 0 aliphatic rings. The van der Waals surface area contributed by atoms with Crippen molar-refractivity contribution in [1.29, 1.82) is 0 Å². The topological polar surface area (TPSA) is 83.7 Å². The summed E-state index contributed by atoms with van der Waals surface area (Å²) < 4.78 is 13.5. The van der Waals surface area contributed by atoms with Gasteiger partial charge in [-0.15, -0.1) is 6.58 Å². The van der Waals surface area contributed by atoms with E-state index in [1.807, 2.05) is 0 Å². The normalized spacial score (nSPS) is 9.89. The maximum Gasteiger partial charge on any atom is 0.338 e. The Kier molecular flexibility index (Phi) is 3.98. The number of nitrogens with zero attached hydrogens (tertiary/aromatic N) is 2. The summed E-state index contributed by atoms with van der Waals surface area (Å²) in [7, 11) is 1.52. The van der Waals surface area contributed by atoms with Crippen molar-refractivity contribution in [2.75, 3.05) is 18.5 Å². The number of nitro benzene ring substituents is 1. The number of halogens is 1. The molecule has 96 valence electrons. The molecule has 0 atom stereocenters. The minimum absolute atomic E-state index is 0.00222. The Morgan fingerprint density at radius 2 is 2.28 bits per heavy atom. The molecule has 0 saturated carbocycles. The quantitative estimate of drug-likeness (QED) is 0.494. The number of aromatic carboxylic acids is 1. The number of benzene rings is 1. The second-order valence-electron chi connectivity index (χ2n) is 3.55. The fourth-order valence-electron chi connectivity index (χ4n) is 1.46. The lowest BCUT2D eigenvalue weighted by Crippen LogP contribution is -2.19. The van der Waals surface area contributed by atoms with Gasteiger partial charge in [-0.2, -0.15) is 0 Å². The van der Waals surface area contributed by atoms with Crippen LogP contribution in [0.2, 0.25) is 0 Å². The van der Waals surface area contributed by atoms with Crippen molar-refractivity contribution in [3.63, 3.8) is 0 Å². The molecule has 0 amide bonds. The number of hydrogen-bond donors (Lipinski definition) is 1. The zero-order chi connectivity index (χ0) is 13.9. The Bertz CT molecular complexity index is 516. The van der Waals surface area contributed by atoms with E-state index in [1.165, 1.54) is 18.0 Å². The molecule has 1 aromatic rings. The summed E-state index contributed by atoms with van der Waals surface area (Å²) in [4.78, 5) is 22.2. The number of carboxylic acid groups (broad SMARTS) is 1. The highest BCUT2D eigenvalue weighted by atomic mass is 19.1. The van der Waals surface area contributed by atoms with Crippen molar-refractivity contribution in [2.45, 2.75) is 0 Å². The lowest BCUT2D eigenvalue weighted by Gasteiger charge is -2.17. The average Bonchev–Trinajstić information content (AvgIpc) is 2.27. The molecule has 0 saturated heterocycles. The van der Waals surface area contributed by atoms with E-state index in [2.05, 4.69) is 6.58 Å². The van der Waals surface area contributed by atoms with Gasteiger partial charge in [-0.3, -0.25) is 10.1 Å². The van der Waals surface area contributed by atoms with Crippen LogP contribution in [0.4, 0.5) is 15.8 Å². The van der Waals surface area contributed by atoms with Crippen molar-refractivity contribution in [3.05, 3.63) is 46.3 Å². The van der Waals surface area contributed by atoms with Crippen molar-refractivity contribution in [2.24, 2.45) is 0 Å². The summed E-state index contributed by atoms with van der Waals surface area (Å²) in [5.74, 6) is -2.56. The van der Waals surface area contributed by atoms with E-state index >= 15 is 0 Å². The van der Waals surface area contributed by atoms with Crippen LogP contribution >= 0.6 is 0 Å². The smallest absolute Gasteiger partial charge is 0.338 e. The molecular formula is C11H11FN2O4. The van der Waals surface area contributed by atoms with Gasteiger partial charge in [0.1, 0.15) is 17.1 Å². The third-order valence-electron chi connectivity index (χ3n) is 2.31. The van der Waals surface area contributed by atoms with Crippen LogP contribution in [0.25, 0.3) is 0 Å². The van der Waals surface area contributed by atoms with E-state index in [0.29, 0.717) is 6.07 Å². The monoisotopic (exact) mass is 254 g/mol. The lowest BCUT2D eigenvalue weighted by atomic mass is 10.1. The molecule has 0 spiro atoms. The minimum Gasteiger partial charge on any atom is -0.478 e. The molecule has 0 bridgehead atoms. The molecule has 0 radical (unpaired) electrons. The Hall–Kier alpha value is -2.44. The van der Waals surface area contributed by atoms with Gasteiger partial charge in [-0.05, 0) is 0 Å². The molecular weight excluding hydrogens is 243 g/mol. The number of likely N-dealkylation sites (N-methyl/N-ethyl adjacent to an activating group) is 1. The molecule has 18 heavy (non-hydrogen) atoms. The maximum atomic E-state index is 13.5. The Labute approximate surface area is 102 Å². The lowest BCUT2D eigenvalue weighted by molar-refractivity contribution is -0.384. The van der Waals surface area contributed by atoms with Crippen LogP contribution in [-0.2, 0) is 0 Å². The molecule has 0 aromatic heterocycles. The molecule has 0 aliphatic heterocycles. The van der Waals surface area contributed by atoms with Crippen molar-refractivity contribution in [3.8, 4) is 0 Å². The van der Waals surface area contributed by atoms with Crippen LogP contribution in [0.3, 0.4) is 0 Å². The molecule has 1 N–H and O–H groups in total. The van der Waals surface area contributed by atoms with Gasteiger partial charge in [0.2, 0.25) is 0 Å². The van der Waals surface area contributed by atoms with Gasteiger partial charge in [0.25, 0.3) is 5.69 Å². The van der Waals surface area contributed by atoms with E-state index in [-0.39, 0.29) is 12.2 Å². The first-order chi connectivity index (χ1) is 8.38. The molecule has 0 unspecified atom stereocenters. The predicted octanol–water partition coefficient (Wildman–Crippen LogP) is 2.05. The highest BCUT2D eigenvalue weighted by Gasteiger charge is 2.23. The molecule has 1 rings (SSSR count). The fraction of sp³-hybridized carbons (Fsp3) is 0.182. The Morgan fingerprint density at radius 3 is 2.72 bits per heavy atom. The van der Waals surface area contributed by atoms with Gasteiger partial charge in [0.15, 0.2) is 0 Å². The van der Waals surface area contributed by atoms with Crippen LogP contribution in [-0.4, -0.2) is 29.6 Å². The van der Waals surface area contributed by atoms with Crippen LogP contribution in [0.15, 0.2) is 24.8 Å². The van der Waals surface area contributed by atoms with Crippen molar-refractivity contribution < 1.29 is 19.2 Å². The molecule has 0 fully saturated rings. The van der Waals surface area contributed by atoms with E-state index in [4.69, 9.17) is 5.11 Å². The summed E-state index contributed by atoms with van der Waals surface area (Å²) in [5, 5.41) is 19.6. The molecule has 1 aromatic carbocycles. The van der Waals surface area contributed by atoms with Gasteiger partial charge in [0, 0.05) is 25.7 Å². The average molecular weight is 254 g/mol. The predicted molar refractivity (Wildman–Crippen MR) is 63.5 cm³/mol. The first-order valence-corrected chi connectivity index (χ1v) is 4.91. The first kappa shape index (κ1) is 13.6. The molecule has 0 heterocycles. The number of hydrogen-bond acceptors (Lipinski definition) is 4. The standard InChI is InChI=1S/C11H11FN2O4/c1-3-4-13(2)9-6-8(12)7(11(15)16)5-10(9)14(17)18/h3,5-6H,1,4H2,2H3,(H,15,16). The Balaban J connectivity index is 3.42. The second-order valence-corrected chi connectivity index (χ2v) is 3.55. The first-order valence-electron chi connectivity index (χ1n) is 4.91. The Morgan fingerprint density at radius 1 is 1.67 bits per heavy atom. The van der Waals surface area contributed by atoms with Gasteiger partial charge in [-0.1, -0.05) is 6.08 Å². The zero-order valence-corrected chi connectivity index (χ0v) is 9.59. The van der Waals surface area contributed by atoms with Gasteiger partial charge < -0.3 is 10.0 Å². The minimum atomic E-state index is -1.55. The summed E-state index contributed by atoms with van der Waals surface area (Å²) >= 11 is 0. The van der Waals surface area contributed by atoms with Gasteiger partial charge >= 0.3 is 5.97 Å². The van der Waals surface area contributed by atoms with Crippen molar-refractivity contribution >= 4 is 17.3 Å². The van der Waals surface area contributed by atoms with Crippen LogP contribution in [0, 0.1) is 15.9 Å². The van der Waals surface area contributed by atoms with Crippen LogP contribution in [0.5, 0.6) is 0 Å². The second kappa shape index (κ2) is 5.26. The van der Waals surface area contributed by atoms with Crippen molar-refractivity contribution in [1.82, 2.24) is 0 Å². The summed E-state index contributed by atoms with van der Waals surface area (Å²) in [6.07, 6.45) is 1.49. The number of anilines is 1. The molecule has 6 nitrogen and oxygen atoms in total. The molecule has 7 heteroatoms. The van der Waals surface area contributed by atoms with Crippen LogP contribution < -0.4 is 4.90 Å². The highest BCUT2D eigenvalue weighted by Crippen LogP contribution is 2.30. The SMILES string of the molecule is C=CCN(C)c1cc(F)c(C(=O)O)cc1[N+](=O)[O-]. The van der Waals surface area contributed by atoms with E-state index < -0.39 is 28.0 Å². The largest absolute Gasteiger partial charge is 0.478 e. The fourth-order valence-corrected chi connectivity index (χ4v) is 1.46. The number of carboxylic acids is 1. The van der Waals surface area contributed by atoms with Gasteiger partial charge in [0.05, 0.1) is 4.92 Å². The summed E-state index contributed by atoms with van der Waals surface area (Å²) in [6, 6.07) is 1.55. The third-order valence-corrected chi connectivity index (χ3v) is 2.31. The summed E-state index contributed by atoms with van der Waals surface area (Å²) in [5.41, 5.74) is -1.18. The highest BCUT2D eigenvalue weighted by molar-refractivity contribution is 5.90. The van der Waals surface area contributed by atoms with E-state index in [1.54, 1.807) is 0 Å². The number of nitro groups is 1. The summed E-state index contributed by atoms with van der Waals surface area (Å²) in [6.45, 7) is 3.74. The third kappa shape index (κ3) is 2.62.